The van der Waals surface area contributed by atoms with Gasteiger partial charge in [0.15, 0.2) is 5.84 Å². The quantitative estimate of drug-likeness (QED) is 0.317. The molecule has 94 valence electrons. The number of nitrogens with zero attached hydrogens (tertiary/aromatic N) is 1. The standard InChI is InChI=1S/C13H21N3O/c1-4-12(13(14)16-17)15-10(3)11-7-5-9(2)6-8-11/h5-8,10,12,15,17H,4H2,1-3H3,(H2,14,16)/t10-,12?/m1/s1. The highest BCUT2D eigenvalue weighted by molar-refractivity contribution is 5.85. The summed E-state index contributed by atoms with van der Waals surface area (Å²) in [5.41, 5.74) is 8.05. The van der Waals surface area contributed by atoms with Crippen LogP contribution in [-0.2, 0) is 0 Å². The number of hydrogen-bond acceptors (Lipinski definition) is 3. The molecule has 4 nitrogen and oxygen atoms in total. The minimum absolute atomic E-state index is 0.101. The van der Waals surface area contributed by atoms with E-state index in [4.69, 9.17) is 10.9 Å². The number of benzene rings is 1. The lowest BCUT2D eigenvalue weighted by molar-refractivity contribution is 0.313. The Kier molecular flexibility index (Phi) is 4.97. The number of hydrogen-bond donors (Lipinski definition) is 3. The molecule has 0 radical (unpaired) electrons. The van der Waals surface area contributed by atoms with Crippen molar-refractivity contribution < 1.29 is 5.21 Å². The van der Waals surface area contributed by atoms with Gasteiger partial charge in [-0.05, 0) is 25.8 Å². The third kappa shape index (κ3) is 3.75. The summed E-state index contributed by atoms with van der Waals surface area (Å²) in [7, 11) is 0. The van der Waals surface area contributed by atoms with Crippen LogP contribution in [0.25, 0.3) is 0 Å². The fraction of sp³-hybridized carbons (Fsp3) is 0.462. The third-order valence-corrected chi connectivity index (χ3v) is 2.91. The second-order valence-corrected chi connectivity index (χ2v) is 4.28. The minimum atomic E-state index is -0.101. The van der Waals surface area contributed by atoms with Gasteiger partial charge in [0, 0.05) is 6.04 Å². The Labute approximate surface area is 103 Å². The minimum Gasteiger partial charge on any atom is -0.409 e. The smallest absolute Gasteiger partial charge is 0.156 e. The van der Waals surface area contributed by atoms with Crippen LogP contribution in [0.15, 0.2) is 29.4 Å². The Hall–Kier alpha value is -1.55. The summed E-state index contributed by atoms with van der Waals surface area (Å²) in [4.78, 5) is 0. The summed E-state index contributed by atoms with van der Waals surface area (Å²) < 4.78 is 0. The summed E-state index contributed by atoms with van der Waals surface area (Å²) >= 11 is 0. The molecule has 0 fully saturated rings. The van der Waals surface area contributed by atoms with Crippen LogP contribution in [0, 0.1) is 6.92 Å². The first-order valence-electron chi connectivity index (χ1n) is 5.88. The number of nitrogens with one attached hydrogen (secondary N) is 1. The van der Waals surface area contributed by atoms with Crippen LogP contribution in [0.2, 0.25) is 0 Å². The third-order valence-electron chi connectivity index (χ3n) is 2.91. The van der Waals surface area contributed by atoms with E-state index in [1.54, 1.807) is 0 Å². The van der Waals surface area contributed by atoms with Gasteiger partial charge < -0.3 is 16.3 Å². The Morgan fingerprint density at radius 3 is 2.47 bits per heavy atom. The molecule has 1 unspecified atom stereocenters. The van der Waals surface area contributed by atoms with Crippen LogP contribution in [0.3, 0.4) is 0 Å². The van der Waals surface area contributed by atoms with Crippen molar-refractivity contribution in [1.82, 2.24) is 5.32 Å². The molecule has 4 heteroatoms. The molecule has 4 N–H and O–H groups in total. The van der Waals surface area contributed by atoms with Crippen LogP contribution < -0.4 is 11.1 Å². The largest absolute Gasteiger partial charge is 0.409 e. The zero-order chi connectivity index (χ0) is 12.8. The Morgan fingerprint density at radius 2 is 2.00 bits per heavy atom. The van der Waals surface area contributed by atoms with Gasteiger partial charge in [-0.3, -0.25) is 0 Å². The van der Waals surface area contributed by atoms with Crippen molar-refractivity contribution in [2.45, 2.75) is 39.3 Å². The highest BCUT2D eigenvalue weighted by atomic mass is 16.4. The summed E-state index contributed by atoms with van der Waals surface area (Å²) in [5, 5.41) is 15.1. The van der Waals surface area contributed by atoms with E-state index in [0.29, 0.717) is 0 Å². The molecule has 0 bridgehead atoms. The maximum absolute atomic E-state index is 8.68. The van der Waals surface area contributed by atoms with Crippen molar-refractivity contribution in [2.24, 2.45) is 10.9 Å². The maximum Gasteiger partial charge on any atom is 0.156 e. The van der Waals surface area contributed by atoms with Crippen molar-refractivity contribution in [3.05, 3.63) is 35.4 Å². The molecule has 0 saturated carbocycles. The summed E-state index contributed by atoms with van der Waals surface area (Å²) in [6.07, 6.45) is 0.784. The Balaban J connectivity index is 2.70. The van der Waals surface area contributed by atoms with Crippen LogP contribution in [0.4, 0.5) is 0 Å². The average molecular weight is 235 g/mol. The molecule has 1 aromatic rings. The number of rotatable bonds is 5. The van der Waals surface area contributed by atoms with E-state index < -0.39 is 0 Å². The molecule has 0 amide bonds. The molecular formula is C13H21N3O. The molecule has 1 rings (SSSR count). The molecule has 0 aliphatic rings. The highest BCUT2D eigenvalue weighted by Gasteiger charge is 2.15. The van der Waals surface area contributed by atoms with Crippen LogP contribution in [0.5, 0.6) is 0 Å². The molecular weight excluding hydrogens is 214 g/mol. The lowest BCUT2D eigenvalue weighted by Gasteiger charge is -2.21. The van der Waals surface area contributed by atoms with Crippen molar-refractivity contribution >= 4 is 5.84 Å². The maximum atomic E-state index is 8.68. The van der Waals surface area contributed by atoms with Crippen molar-refractivity contribution in [1.29, 1.82) is 0 Å². The van der Waals surface area contributed by atoms with Gasteiger partial charge in [0.1, 0.15) is 0 Å². The fourth-order valence-corrected chi connectivity index (χ4v) is 1.74. The molecule has 2 atom stereocenters. The number of nitrogens with two attached hydrogens (primary N) is 1. The summed E-state index contributed by atoms with van der Waals surface area (Å²) in [5.74, 6) is 0.228. The zero-order valence-electron chi connectivity index (χ0n) is 10.6. The topological polar surface area (TPSA) is 70.6 Å². The number of oxime groups is 1. The first-order valence-corrected chi connectivity index (χ1v) is 5.88. The summed E-state index contributed by atoms with van der Waals surface area (Å²) in [6.45, 7) is 6.13. The fourth-order valence-electron chi connectivity index (χ4n) is 1.74. The zero-order valence-corrected chi connectivity index (χ0v) is 10.6. The van der Waals surface area contributed by atoms with Gasteiger partial charge in [0.05, 0.1) is 6.04 Å². The van der Waals surface area contributed by atoms with Gasteiger partial charge in [-0.1, -0.05) is 41.9 Å². The van der Waals surface area contributed by atoms with Crippen molar-refractivity contribution in [3.8, 4) is 0 Å². The number of amidine groups is 1. The predicted octanol–water partition coefficient (Wildman–Crippen LogP) is 2.17. The van der Waals surface area contributed by atoms with E-state index in [1.807, 2.05) is 6.92 Å². The van der Waals surface area contributed by atoms with E-state index in [0.717, 1.165) is 6.42 Å². The average Bonchev–Trinajstić information content (AvgIpc) is 2.35. The lowest BCUT2D eigenvalue weighted by atomic mass is 10.0. The van der Waals surface area contributed by atoms with E-state index in [9.17, 15) is 0 Å². The van der Waals surface area contributed by atoms with E-state index in [2.05, 4.69) is 48.6 Å². The second-order valence-electron chi connectivity index (χ2n) is 4.28. The van der Waals surface area contributed by atoms with Gasteiger partial charge in [0.2, 0.25) is 0 Å². The number of aryl methyl sites for hydroxylation is 1. The normalized spacial score (nSPS) is 15.6. The van der Waals surface area contributed by atoms with E-state index >= 15 is 0 Å². The Bertz CT molecular complexity index is 373. The predicted molar refractivity (Wildman–Crippen MR) is 70.2 cm³/mol. The molecule has 0 heterocycles. The highest BCUT2D eigenvalue weighted by Crippen LogP contribution is 2.14. The van der Waals surface area contributed by atoms with E-state index in [1.165, 1.54) is 11.1 Å². The first-order chi connectivity index (χ1) is 8.08. The van der Waals surface area contributed by atoms with Gasteiger partial charge in [0.25, 0.3) is 0 Å². The lowest BCUT2D eigenvalue weighted by Crippen LogP contribution is -2.42. The molecule has 0 aliphatic heterocycles. The first kappa shape index (κ1) is 13.5. The van der Waals surface area contributed by atoms with Gasteiger partial charge in [-0.15, -0.1) is 0 Å². The van der Waals surface area contributed by atoms with Crippen LogP contribution >= 0.6 is 0 Å². The van der Waals surface area contributed by atoms with Gasteiger partial charge >= 0.3 is 0 Å². The van der Waals surface area contributed by atoms with E-state index in [-0.39, 0.29) is 17.9 Å². The Morgan fingerprint density at radius 1 is 1.41 bits per heavy atom. The molecule has 0 aliphatic carbocycles. The van der Waals surface area contributed by atoms with Crippen LogP contribution in [-0.4, -0.2) is 17.1 Å². The second kappa shape index (κ2) is 6.25. The molecule has 17 heavy (non-hydrogen) atoms. The monoisotopic (exact) mass is 235 g/mol. The van der Waals surface area contributed by atoms with Crippen molar-refractivity contribution in [3.63, 3.8) is 0 Å². The SMILES string of the molecule is CCC(N[C@H](C)c1ccc(C)cc1)/C(N)=N/O. The molecule has 0 spiro atoms. The summed E-state index contributed by atoms with van der Waals surface area (Å²) in [6, 6.07) is 8.41. The van der Waals surface area contributed by atoms with Gasteiger partial charge in [-0.25, -0.2) is 0 Å². The molecule has 0 aromatic heterocycles. The van der Waals surface area contributed by atoms with Crippen molar-refractivity contribution in [2.75, 3.05) is 0 Å². The van der Waals surface area contributed by atoms with Crippen LogP contribution in [0.1, 0.15) is 37.4 Å². The molecule has 0 saturated heterocycles. The van der Waals surface area contributed by atoms with Gasteiger partial charge in [-0.2, -0.15) is 0 Å². The molecule has 1 aromatic carbocycles.